The number of hydrogen-bond acceptors (Lipinski definition) is 11. The number of rotatable bonds is 21. The fourth-order valence-corrected chi connectivity index (χ4v) is 7.74. The van der Waals surface area contributed by atoms with E-state index in [9.17, 15) is 0 Å². The second-order valence-corrected chi connectivity index (χ2v) is 24.1. The van der Waals surface area contributed by atoms with E-state index >= 15 is 0 Å². The van der Waals surface area contributed by atoms with Gasteiger partial charge in [-0.1, -0.05) is 142 Å². The van der Waals surface area contributed by atoms with Crippen molar-refractivity contribution in [3.05, 3.63) is 157 Å². The zero-order valence-electron chi connectivity index (χ0n) is 51.8. The lowest BCUT2D eigenvalue weighted by Gasteiger charge is -2.18. The van der Waals surface area contributed by atoms with E-state index in [0.717, 1.165) is 60.5 Å². The number of hydrogen-bond donors (Lipinski definition) is 1. The SMILES string of the molecule is CC(C)(C)CNc1ncccn1.CC(C)CCCc1cccnc1.CC(C)CCCc1ccncc1.CC(C)CCCc1cnccn1.CC(C)CCCc1ncccn1.CC(C)CN1CCCC1.CC(C)c1cccnc1. The van der Waals surface area contributed by atoms with Crippen LogP contribution in [0, 0.1) is 35.0 Å². The van der Waals surface area contributed by atoms with Crippen LogP contribution in [0.25, 0.3) is 0 Å². The first-order chi connectivity index (χ1) is 37.3. The smallest absolute Gasteiger partial charge is 0.222 e. The van der Waals surface area contributed by atoms with Crippen molar-refractivity contribution in [2.24, 2.45) is 35.0 Å². The molecule has 0 unspecified atom stereocenters. The Hall–Kier alpha value is -5.55. The van der Waals surface area contributed by atoms with Gasteiger partial charge in [0.05, 0.1) is 5.69 Å². The molecule has 6 aromatic heterocycles. The summed E-state index contributed by atoms with van der Waals surface area (Å²) in [6.45, 7) is 38.4. The van der Waals surface area contributed by atoms with Crippen LogP contribution in [0.4, 0.5) is 5.95 Å². The molecule has 0 spiro atoms. The molecule has 0 atom stereocenters. The highest BCUT2D eigenvalue weighted by Gasteiger charge is 2.12. The minimum absolute atomic E-state index is 0.263. The lowest BCUT2D eigenvalue weighted by atomic mass is 9.97. The first-order valence-electron chi connectivity index (χ1n) is 29.7. The highest BCUT2D eigenvalue weighted by atomic mass is 15.1. The summed E-state index contributed by atoms with van der Waals surface area (Å²) in [6.07, 6.45) is 41.1. The van der Waals surface area contributed by atoms with E-state index in [1.165, 1.54) is 113 Å². The molecule has 0 radical (unpaired) electrons. The fraction of sp³-hybridized carbons (Fsp3) is 0.597. The lowest BCUT2D eigenvalue weighted by molar-refractivity contribution is 0.298. The van der Waals surface area contributed by atoms with Crippen LogP contribution in [0.2, 0.25) is 0 Å². The molecule has 1 fully saturated rings. The molecule has 0 bridgehead atoms. The summed E-state index contributed by atoms with van der Waals surface area (Å²) in [5.41, 5.74) is 5.44. The highest BCUT2D eigenvalue weighted by molar-refractivity contribution is 5.22. The monoisotopic (exact) mass is 1070 g/mol. The van der Waals surface area contributed by atoms with Gasteiger partial charge < -0.3 is 10.2 Å². The van der Waals surface area contributed by atoms with Gasteiger partial charge in [-0.15, -0.1) is 0 Å². The summed E-state index contributed by atoms with van der Waals surface area (Å²) in [7, 11) is 0. The van der Waals surface area contributed by atoms with Gasteiger partial charge in [-0.25, -0.2) is 19.9 Å². The van der Waals surface area contributed by atoms with Crippen molar-refractivity contribution >= 4 is 5.95 Å². The number of nitrogens with zero attached hydrogens (tertiary/aromatic N) is 10. The molecule has 7 heterocycles. The van der Waals surface area contributed by atoms with Crippen LogP contribution in [-0.2, 0) is 25.7 Å². The maximum absolute atomic E-state index is 4.21. The second-order valence-electron chi connectivity index (χ2n) is 24.1. The Kier molecular flexibility index (Phi) is 40.9. The van der Waals surface area contributed by atoms with Crippen LogP contribution in [0.5, 0.6) is 0 Å². The quantitative estimate of drug-likeness (QED) is 0.0739. The predicted molar refractivity (Wildman–Crippen MR) is 332 cm³/mol. The first kappa shape index (κ1) is 70.5. The summed E-state index contributed by atoms with van der Waals surface area (Å²) in [6, 6.07) is 16.1. The lowest BCUT2D eigenvalue weighted by Crippen LogP contribution is -2.23. The van der Waals surface area contributed by atoms with Crippen molar-refractivity contribution in [1.29, 1.82) is 0 Å². The Morgan fingerprint density at radius 1 is 0.449 bits per heavy atom. The largest absolute Gasteiger partial charge is 0.354 e. The number of nitrogens with one attached hydrogen (secondary N) is 1. The Morgan fingerprint density at radius 3 is 1.40 bits per heavy atom. The van der Waals surface area contributed by atoms with Crippen LogP contribution in [0.3, 0.4) is 0 Å². The molecule has 1 aliphatic heterocycles. The number of pyridine rings is 3. The van der Waals surface area contributed by atoms with Crippen molar-refractivity contribution in [2.45, 2.75) is 200 Å². The van der Waals surface area contributed by atoms with Gasteiger partial charge in [-0.2, -0.15) is 0 Å². The highest BCUT2D eigenvalue weighted by Crippen LogP contribution is 2.14. The van der Waals surface area contributed by atoms with E-state index in [4.69, 9.17) is 0 Å². The normalized spacial score (nSPS) is 11.9. The van der Waals surface area contributed by atoms with Crippen molar-refractivity contribution in [1.82, 2.24) is 49.8 Å². The average Bonchev–Trinajstić information content (AvgIpc) is 3.93. The maximum Gasteiger partial charge on any atom is 0.222 e. The van der Waals surface area contributed by atoms with Gasteiger partial charge in [0.15, 0.2) is 0 Å². The molecule has 0 amide bonds. The third-order valence-corrected chi connectivity index (χ3v) is 12.1. The molecule has 7 rings (SSSR count). The maximum atomic E-state index is 4.21. The molecule has 1 aliphatic rings. The van der Waals surface area contributed by atoms with E-state index in [0.29, 0.717) is 11.9 Å². The van der Waals surface area contributed by atoms with Crippen LogP contribution in [-0.4, -0.2) is 75.9 Å². The van der Waals surface area contributed by atoms with Gasteiger partial charge in [-0.3, -0.25) is 24.9 Å². The van der Waals surface area contributed by atoms with Gasteiger partial charge in [-0.05, 0) is 165 Å². The molecule has 6 aromatic rings. The first-order valence-corrected chi connectivity index (χ1v) is 29.7. The van der Waals surface area contributed by atoms with Crippen LogP contribution in [0.15, 0.2) is 129 Å². The number of likely N-dealkylation sites (tertiary alicyclic amines) is 1. The number of aryl methyl sites for hydroxylation is 4. The minimum Gasteiger partial charge on any atom is -0.354 e. The van der Waals surface area contributed by atoms with Gasteiger partial charge in [0.25, 0.3) is 0 Å². The Bertz CT molecular complexity index is 1970. The Balaban J connectivity index is 0.000000456. The minimum atomic E-state index is 0.263. The summed E-state index contributed by atoms with van der Waals surface area (Å²) in [5, 5.41) is 3.16. The van der Waals surface area contributed by atoms with Crippen LogP contribution < -0.4 is 5.32 Å². The van der Waals surface area contributed by atoms with Gasteiger partial charge in [0.2, 0.25) is 5.95 Å². The van der Waals surface area contributed by atoms with Crippen molar-refractivity contribution < 1.29 is 0 Å². The zero-order chi connectivity index (χ0) is 57.7. The molecule has 1 saturated heterocycles. The topological polar surface area (TPSA) is 131 Å². The van der Waals surface area contributed by atoms with Crippen LogP contribution >= 0.6 is 0 Å². The molecule has 0 aromatic carbocycles. The molecular weight excluding hydrogens is 959 g/mol. The van der Waals surface area contributed by atoms with Gasteiger partial charge in [0, 0.05) is 100 Å². The third kappa shape index (κ3) is 44.4. The van der Waals surface area contributed by atoms with Crippen molar-refractivity contribution in [2.75, 3.05) is 31.5 Å². The molecule has 0 saturated carbocycles. The van der Waals surface area contributed by atoms with E-state index in [-0.39, 0.29) is 5.41 Å². The van der Waals surface area contributed by atoms with E-state index in [1.54, 1.807) is 43.4 Å². The predicted octanol–water partition coefficient (Wildman–Crippen LogP) is 16.9. The summed E-state index contributed by atoms with van der Waals surface area (Å²) in [4.78, 5) is 39.3. The molecule has 1 N–H and O–H groups in total. The standard InChI is InChI=1S/2C11H17N.2C10H16N2.C9H15N3.C8H11N.C8H17N/c1-10(2)5-3-6-11-7-4-8-12-9-11;1-10(2)4-3-5-11-6-8-12-9-7-11;1-9(2)5-3-6-10-11-7-4-8-12-10;1-9(2)4-3-5-10-8-11-6-7-12-10;1-9(2,3)7-12-8-10-5-4-6-11-8;1-7(2)8-4-3-5-9-6-8;1-8(2)7-9-5-3-4-6-9/h4,7-10H,3,5-6H2,1-2H3;6-10H,3-5H2,1-2H3;4,7-9H,3,5-6H2,1-2H3;6-9H,3-5H2,1-2H3;4-6H,7H2,1-3H3,(H,10,11,12);3-7H,1-2H3;8H,3-7H2,1-2H3. The van der Waals surface area contributed by atoms with E-state index in [2.05, 4.69) is 183 Å². The molecule has 11 heteroatoms. The van der Waals surface area contributed by atoms with Gasteiger partial charge in [0.1, 0.15) is 5.82 Å². The van der Waals surface area contributed by atoms with Crippen molar-refractivity contribution in [3.8, 4) is 0 Å². The molecule has 0 aliphatic carbocycles. The van der Waals surface area contributed by atoms with E-state index < -0.39 is 0 Å². The van der Waals surface area contributed by atoms with Crippen LogP contribution in [0.1, 0.15) is 202 Å². The summed E-state index contributed by atoms with van der Waals surface area (Å²) in [5.74, 6) is 6.34. The molecular formula is C67H109N11. The van der Waals surface area contributed by atoms with Gasteiger partial charge >= 0.3 is 0 Å². The fourth-order valence-electron chi connectivity index (χ4n) is 7.74. The summed E-state index contributed by atoms with van der Waals surface area (Å²) >= 11 is 0. The number of aromatic nitrogens is 9. The second kappa shape index (κ2) is 45.3. The summed E-state index contributed by atoms with van der Waals surface area (Å²) < 4.78 is 0. The van der Waals surface area contributed by atoms with Crippen molar-refractivity contribution in [3.63, 3.8) is 0 Å². The van der Waals surface area contributed by atoms with E-state index in [1.807, 2.05) is 61.4 Å². The Morgan fingerprint density at radius 2 is 0.949 bits per heavy atom. The number of anilines is 1. The average molecular weight is 1070 g/mol. The zero-order valence-corrected chi connectivity index (χ0v) is 51.8. The Labute approximate surface area is 477 Å². The molecule has 11 nitrogen and oxygen atoms in total. The molecule has 78 heavy (non-hydrogen) atoms. The third-order valence-electron chi connectivity index (χ3n) is 12.1. The molecule has 432 valence electrons.